The number of rotatable bonds is 5. The van der Waals surface area contributed by atoms with E-state index in [-0.39, 0.29) is 23.4 Å². The Hall–Kier alpha value is -3.07. The smallest absolute Gasteiger partial charge is 0.335 e. The lowest BCUT2D eigenvalue weighted by Gasteiger charge is -2.39. The Kier molecular flexibility index (Phi) is 6.58. The minimum atomic E-state index is -4.04. The number of hydrogen-bond donors (Lipinski definition) is 0. The summed E-state index contributed by atoms with van der Waals surface area (Å²) in [6, 6.07) is 12.4. The zero-order valence-corrected chi connectivity index (χ0v) is 21.0. The molecule has 34 heavy (non-hydrogen) atoms. The number of urea groups is 1. The van der Waals surface area contributed by atoms with Gasteiger partial charge in [0.1, 0.15) is 6.04 Å². The second-order valence-electron chi connectivity index (χ2n) is 9.25. The second kappa shape index (κ2) is 9.29. The maximum Gasteiger partial charge on any atom is 0.335 e. The molecule has 8 nitrogen and oxygen atoms in total. The zero-order valence-electron chi connectivity index (χ0n) is 20.1. The van der Waals surface area contributed by atoms with Crippen LogP contribution >= 0.6 is 0 Å². The van der Waals surface area contributed by atoms with Crippen LogP contribution in [0.25, 0.3) is 0 Å². The van der Waals surface area contributed by atoms with Crippen LogP contribution in [0.1, 0.15) is 25.0 Å². The summed E-state index contributed by atoms with van der Waals surface area (Å²) in [7, 11) is -4.04. The first kappa shape index (κ1) is 24.1. The van der Waals surface area contributed by atoms with E-state index >= 15 is 0 Å². The van der Waals surface area contributed by atoms with Gasteiger partial charge in [0.2, 0.25) is 5.91 Å². The molecule has 0 saturated carbocycles. The first-order valence-electron chi connectivity index (χ1n) is 11.6. The summed E-state index contributed by atoms with van der Waals surface area (Å²) in [6.07, 6.45) is 0. The Balaban J connectivity index is 1.51. The van der Waals surface area contributed by atoms with Crippen LogP contribution in [0.5, 0.6) is 0 Å². The van der Waals surface area contributed by atoms with E-state index in [0.29, 0.717) is 26.2 Å². The average Bonchev–Trinajstić information content (AvgIpc) is 3.19. The van der Waals surface area contributed by atoms with Crippen LogP contribution < -0.4 is 4.90 Å². The van der Waals surface area contributed by atoms with Crippen molar-refractivity contribution in [2.24, 2.45) is 0 Å². The van der Waals surface area contributed by atoms with Crippen molar-refractivity contribution in [1.29, 1.82) is 0 Å². The highest BCUT2D eigenvalue weighted by molar-refractivity contribution is 7.89. The highest BCUT2D eigenvalue weighted by atomic mass is 32.2. The van der Waals surface area contributed by atoms with Crippen molar-refractivity contribution in [2.45, 2.75) is 44.7 Å². The van der Waals surface area contributed by atoms with Crippen molar-refractivity contribution >= 4 is 27.6 Å². The maximum absolute atomic E-state index is 13.5. The molecule has 0 bridgehead atoms. The number of carbonyl (C=O) groups is 2. The topological polar surface area (TPSA) is 81.2 Å². The lowest BCUT2D eigenvalue weighted by molar-refractivity contribution is -0.135. The molecular formula is C25H32N4O4S. The van der Waals surface area contributed by atoms with Crippen molar-refractivity contribution in [1.82, 2.24) is 14.1 Å². The largest absolute Gasteiger partial charge is 0.368 e. The Morgan fingerprint density at radius 1 is 0.971 bits per heavy atom. The van der Waals surface area contributed by atoms with Crippen molar-refractivity contribution in [3.05, 3.63) is 59.7 Å². The summed E-state index contributed by atoms with van der Waals surface area (Å²) in [5, 5.41) is 0. The SMILES string of the molecule is Cc1ccc(C)c(N2CCN(C(=O)C3CN(S(=O)(=O)c4ccccc4)C(=O)N3C(C)C)CC2)c1. The number of benzene rings is 2. The molecule has 0 N–H and O–H groups in total. The zero-order chi connectivity index (χ0) is 24.6. The van der Waals surface area contributed by atoms with Crippen molar-refractivity contribution < 1.29 is 18.0 Å². The van der Waals surface area contributed by atoms with Gasteiger partial charge in [0.15, 0.2) is 0 Å². The Bertz CT molecular complexity index is 1170. The molecule has 9 heteroatoms. The van der Waals surface area contributed by atoms with Crippen molar-refractivity contribution in [2.75, 3.05) is 37.6 Å². The summed E-state index contributed by atoms with van der Waals surface area (Å²) < 4.78 is 27.2. The van der Waals surface area contributed by atoms with Crippen LogP contribution in [0.15, 0.2) is 53.4 Å². The average molecular weight is 485 g/mol. The number of hydrogen-bond acceptors (Lipinski definition) is 5. The van der Waals surface area contributed by atoms with E-state index in [4.69, 9.17) is 0 Å². The van der Waals surface area contributed by atoms with Gasteiger partial charge in [-0.1, -0.05) is 30.3 Å². The summed E-state index contributed by atoms with van der Waals surface area (Å²) >= 11 is 0. The van der Waals surface area contributed by atoms with Gasteiger partial charge in [0.25, 0.3) is 10.0 Å². The maximum atomic E-state index is 13.5. The number of carbonyl (C=O) groups excluding carboxylic acids is 2. The van der Waals surface area contributed by atoms with Crippen LogP contribution in [0.3, 0.4) is 0 Å². The molecule has 2 aliphatic heterocycles. The van der Waals surface area contributed by atoms with Gasteiger partial charge in [-0.15, -0.1) is 0 Å². The van der Waals surface area contributed by atoms with E-state index in [1.165, 1.54) is 33.8 Å². The molecule has 4 rings (SSSR count). The molecule has 2 aromatic carbocycles. The fourth-order valence-corrected chi connectivity index (χ4v) is 6.12. The van der Waals surface area contributed by atoms with Crippen LogP contribution in [-0.4, -0.2) is 79.3 Å². The van der Waals surface area contributed by atoms with E-state index in [0.717, 1.165) is 4.31 Å². The first-order valence-corrected chi connectivity index (χ1v) is 13.1. The van der Waals surface area contributed by atoms with Crippen molar-refractivity contribution in [3.63, 3.8) is 0 Å². The third kappa shape index (κ3) is 4.36. The third-order valence-electron chi connectivity index (χ3n) is 6.58. The van der Waals surface area contributed by atoms with E-state index in [1.54, 1.807) is 36.9 Å². The summed E-state index contributed by atoms with van der Waals surface area (Å²) in [5.41, 5.74) is 3.56. The molecule has 0 spiro atoms. The molecular weight excluding hydrogens is 452 g/mol. The number of amides is 3. The normalized spacial score (nSPS) is 19.3. The van der Waals surface area contributed by atoms with Gasteiger partial charge >= 0.3 is 6.03 Å². The van der Waals surface area contributed by atoms with E-state index < -0.39 is 22.1 Å². The van der Waals surface area contributed by atoms with Crippen molar-refractivity contribution in [3.8, 4) is 0 Å². The molecule has 0 aliphatic carbocycles. The van der Waals surface area contributed by atoms with Gasteiger partial charge in [-0.05, 0) is 57.0 Å². The molecule has 2 saturated heterocycles. The van der Waals surface area contributed by atoms with Gasteiger partial charge in [-0.3, -0.25) is 4.79 Å². The number of sulfonamides is 1. The molecule has 1 unspecified atom stereocenters. The molecule has 2 aliphatic rings. The second-order valence-corrected chi connectivity index (χ2v) is 11.1. The van der Waals surface area contributed by atoms with Gasteiger partial charge < -0.3 is 14.7 Å². The number of anilines is 1. The van der Waals surface area contributed by atoms with E-state index in [1.807, 2.05) is 0 Å². The lowest BCUT2D eigenvalue weighted by Crippen LogP contribution is -2.55. The first-order chi connectivity index (χ1) is 16.1. The molecule has 3 amide bonds. The number of aryl methyl sites for hydroxylation is 2. The highest BCUT2D eigenvalue weighted by Crippen LogP contribution is 2.28. The molecule has 2 heterocycles. The lowest BCUT2D eigenvalue weighted by atomic mass is 10.1. The standard InChI is InChI=1S/C25H32N4O4S/c1-18(2)29-23(17-28(25(29)31)34(32,33)21-8-6-5-7-9-21)24(30)27-14-12-26(13-15-27)22-16-19(3)10-11-20(22)4/h5-11,16,18,23H,12-15,17H2,1-4H3. The van der Waals surface area contributed by atoms with Gasteiger partial charge in [0.05, 0.1) is 11.4 Å². The number of nitrogens with zero attached hydrogens (tertiary/aromatic N) is 4. The Labute approximate surface area is 201 Å². The molecule has 182 valence electrons. The minimum Gasteiger partial charge on any atom is -0.368 e. The Morgan fingerprint density at radius 3 is 2.24 bits per heavy atom. The van der Waals surface area contributed by atoms with Gasteiger partial charge in [-0.25, -0.2) is 17.5 Å². The fourth-order valence-electron chi connectivity index (χ4n) is 4.72. The van der Waals surface area contributed by atoms with Crippen LogP contribution in [0, 0.1) is 13.8 Å². The predicted octanol–water partition coefficient (Wildman–Crippen LogP) is 2.86. The van der Waals surface area contributed by atoms with Gasteiger partial charge in [-0.2, -0.15) is 0 Å². The minimum absolute atomic E-state index is 0.0438. The van der Waals surface area contributed by atoms with Gasteiger partial charge in [0, 0.05) is 37.9 Å². The van der Waals surface area contributed by atoms with E-state index in [2.05, 4.69) is 36.9 Å². The monoisotopic (exact) mass is 484 g/mol. The highest BCUT2D eigenvalue weighted by Gasteiger charge is 2.49. The van der Waals surface area contributed by atoms with E-state index in [9.17, 15) is 18.0 Å². The third-order valence-corrected chi connectivity index (χ3v) is 8.33. The van der Waals surface area contributed by atoms with Crippen LogP contribution in [0.2, 0.25) is 0 Å². The van der Waals surface area contributed by atoms with Crippen LogP contribution in [-0.2, 0) is 14.8 Å². The molecule has 2 fully saturated rings. The molecule has 0 aromatic heterocycles. The molecule has 1 atom stereocenters. The fraction of sp³-hybridized carbons (Fsp3) is 0.440. The molecule has 2 aromatic rings. The summed E-state index contributed by atoms with van der Waals surface area (Å²) in [5.74, 6) is -0.201. The summed E-state index contributed by atoms with van der Waals surface area (Å²) in [4.78, 5) is 32.2. The quantitative estimate of drug-likeness (QED) is 0.652. The van der Waals surface area contributed by atoms with Crippen LogP contribution in [0.4, 0.5) is 10.5 Å². The molecule has 0 radical (unpaired) electrons. The predicted molar refractivity (Wildman–Crippen MR) is 131 cm³/mol. The summed E-state index contributed by atoms with van der Waals surface area (Å²) in [6.45, 7) is 9.99. The number of piperazine rings is 1. The Morgan fingerprint density at radius 2 is 1.62 bits per heavy atom.